The fourth-order valence-corrected chi connectivity index (χ4v) is 3.44. The van der Waals surface area contributed by atoms with Gasteiger partial charge in [-0.3, -0.25) is 4.79 Å². The van der Waals surface area contributed by atoms with Crippen LogP contribution in [0.25, 0.3) is 0 Å². The number of thioether (sulfide) groups is 1. The van der Waals surface area contributed by atoms with E-state index in [2.05, 4.69) is 36.4 Å². The summed E-state index contributed by atoms with van der Waals surface area (Å²) in [5, 5.41) is 0.525. The highest BCUT2D eigenvalue weighted by Gasteiger charge is 2.29. The molecule has 0 aromatic heterocycles. The largest absolute Gasteiger partial charge is 0.334 e. The second-order valence-corrected chi connectivity index (χ2v) is 7.05. The molecule has 1 aromatic rings. The molecule has 0 radical (unpaired) electrons. The Bertz CT molecular complexity index is 406. The molecule has 2 rings (SSSR count). The SMILES string of the molecule is CC1SCCN(C(=O)c2ccc(I)cc2)C1C. The molecule has 1 fully saturated rings. The van der Waals surface area contributed by atoms with Crippen LogP contribution in [-0.4, -0.2) is 34.4 Å². The molecule has 2 atom stereocenters. The van der Waals surface area contributed by atoms with E-state index < -0.39 is 0 Å². The number of carbonyl (C=O) groups is 1. The van der Waals surface area contributed by atoms with Gasteiger partial charge in [0.25, 0.3) is 5.91 Å². The van der Waals surface area contributed by atoms with E-state index in [1.54, 1.807) is 0 Å². The fourth-order valence-electron chi connectivity index (χ4n) is 1.98. The Morgan fingerprint density at radius 3 is 2.65 bits per heavy atom. The lowest BCUT2D eigenvalue weighted by Crippen LogP contribution is -2.47. The lowest BCUT2D eigenvalue weighted by Gasteiger charge is -2.37. The fraction of sp³-hybridized carbons (Fsp3) is 0.462. The minimum Gasteiger partial charge on any atom is -0.334 e. The molecule has 4 heteroatoms. The van der Waals surface area contributed by atoms with Crippen molar-refractivity contribution in [3.05, 3.63) is 33.4 Å². The van der Waals surface area contributed by atoms with Crippen molar-refractivity contribution in [3.8, 4) is 0 Å². The zero-order valence-electron chi connectivity index (χ0n) is 10.0. The maximum absolute atomic E-state index is 12.4. The van der Waals surface area contributed by atoms with Gasteiger partial charge in [0.2, 0.25) is 0 Å². The standard InChI is InChI=1S/C13H16INOS/c1-9-10(2)17-8-7-15(9)13(16)11-3-5-12(14)6-4-11/h3-6,9-10H,7-8H2,1-2H3. The smallest absolute Gasteiger partial charge is 0.254 e. The minimum absolute atomic E-state index is 0.168. The number of rotatable bonds is 1. The average molecular weight is 361 g/mol. The second-order valence-electron chi connectivity index (χ2n) is 4.32. The van der Waals surface area contributed by atoms with Crippen LogP contribution in [0.15, 0.2) is 24.3 Å². The van der Waals surface area contributed by atoms with Gasteiger partial charge in [0.05, 0.1) is 0 Å². The van der Waals surface area contributed by atoms with Crippen molar-refractivity contribution in [3.63, 3.8) is 0 Å². The van der Waals surface area contributed by atoms with Crippen molar-refractivity contribution in [1.29, 1.82) is 0 Å². The molecule has 17 heavy (non-hydrogen) atoms. The van der Waals surface area contributed by atoms with Gasteiger partial charge in [-0.25, -0.2) is 0 Å². The Labute approximate surface area is 120 Å². The lowest BCUT2D eigenvalue weighted by molar-refractivity contribution is 0.0698. The topological polar surface area (TPSA) is 20.3 Å². The van der Waals surface area contributed by atoms with E-state index in [-0.39, 0.29) is 5.91 Å². The van der Waals surface area contributed by atoms with Crippen LogP contribution in [0.3, 0.4) is 0 Å². The molecule has 1 aliphatic heterocycles. The first kappa shape index (κ1) is 13.2. The van der Waals surface area contributed by atoms with Gasteiger partial charge in [-0.1, -0.05) is 6.92 Å². The van der Waals surface area contributed by atoms with Crippen LogP contribution in [0.1, 0.15) is 24.2 Å². The van der Waals surface area contributed by atoms with Crippen molar-refractivity contribution in [2.24, 2.45) is 0 Å². The molecule has 92 valence electrons. The van der Waals surface area contributed by atoms with Crippen LogP contribution in [0, 0.1) is 3.57 Å². The normalized spacial score (nSPS) is 24.8. The summed E-state index contributed by atoms with van der Waals surface area (Å²) in [7, 11) is 0. The highest BCUT2D eigenvalue weighted by atomic mass is 127. The van der Waals surface area contributed by atoms with E-state index in [9.17, 15) is 4.79 Å². The van der Waals surface area contributed by atoms with Gasteiger partial charge in [0.15, 0.2) is 0 Å². The van der Waals surface area contributed by atoms with Crippen molar-refractivity contribution >= 4 is 40.3 Å². The zero-order chi connectivity index (χ0) is 12.4. The summed E-state index contributed by atoms with van der Waals surface area (Å²) < 4.78 is 1.16. The molecule has 0 bridgehead atoms. The van der Waals surface area contributed by atoms with Crippen molar-refractivity contribution in [2.75, 3.05) is 12.3 Å². The maximum atomic E-state index is 12.4. The van der Waals surface area contributed by atoms with E-state index in [0.717, 1.165) is 21.4 Å². The number of benzene rings is 1. The minimum atomic E-state index is 0.168. The molecule has 0 spiro atoms. The van der Waals surface area contributed by atoms with Gasteiger partial charge < -0.3 is 4.90 Å². The maximum Gasteiger partial charge on any atom is 0.254 e. The monoisotopic (exact) mass is 361 g/mol. The third-order valence-electron chi connectivity index (χ3n) is 3.24. The van der Waals surface area contributed by atoms with E-state index in [0.29, 0.717) is 11.3 Å². The van der Waals surface area contributed by atoms with Crippen LogP contribution >= 0.6 is 34.4 Å². The number of hydrogen-bond donors (Lipinski definition) is 0. The Kier molecular flexibility index (Phi) is 4.36. The van der Waals surface area contributed by atoms with E-state index in [1.165, 1.54) is 0 Å². The third-order valence-corrected chi connectivity index (χ3v) is 5.29. The first-order valence-electron chi connectivity index (χ1n) is 5.77. The molecule has 1 aliphatic rings. The average Bonchev–Trinajstić information content (AvgIpc) is 2.33. The molecule has 0 N–H and O–H groups in total. The van der Waals surface area contributed by atoms with Gasteiger partial charge >= 0.3 is 0 Å². The molecule has 2 unspecified atom stereocenters. The first-order valence-corrected chi connectivity index (χ1v) is 7.90. The van der Waals surface area contributed by atoms with Crippen LogP contribution in [0.5, 0.6) is 0 Å². The number of carbonyl (C=O) groups excluding carboxylic acids is 1. The highest BCUT2D eigenvalue weighted by molar-refractivity contribution is 14.1. The summed E-state index contributed by atoms with van der Waals surface area (Å²) in [4.78, 5) is 14.4. The summed E-state index contributed by atoms with van der Waals surface area (Å²) in [5.41, 5.74) is 0.802. The zero-order valence-corrected chi connectivity index (χ0v) is 13.0. The molecule has 1 heterocycles. The van der Waals surface area contributed by atoms with Crippen LogP contribution in [0.4, 0.5) is 0 Å². The molecule has 0 aliphatic carbocycles. The Morgan fingerprint density at radius 1 is 1.35 bits per heavy atom. The van der Waals surface area contributed by atoms with Gasteiger partial charge in [0.1, 0.15) is 0 Å². The predicted octanol–water partition coefficient (Wildman–Crippen LogP) is 3.26. The first-order chi connectivity index (χ1) is 8.09. The lowest BCUT2D eigenvalue weighted by atomic mass is 10.1. The van der Waals surface area contributed by atoms with Gasteiger partial charge in [-0.15, -0.1) is 0 Å². The number of nitrogens with zero attached hydrogens (tertiary/aromatic N) is 1. The van der Waals surface area contributed by atoms with Gasteiger partial charge in [0, 0.05) is 32.7 Å². The van der Waals surface area contributed by atoms with E-state index >= 15 is 0 Å². The summed E-state index contributed by atoms with van der Waals surface area (Å²) in [6.07, 6.45) is 0. The van der Waals surface area contributed by atoms with Crippen molar-refractivity contribution in [1.82, 2.24) is 4.90 Å². The summed E-state index contributed by atoms with van der Waals surface area (Å²) in [6.45, 7) is 5.20. The second kappa shape index (κ2) is 5.61. The van der Waals surface area contributed by atoms with Crippen molar-refractivity contribution < 1.29 is 4.79 Å². The molecule has 1 aromatic carbocycles. The van der Waals surface area contributed by atoms with Gasteiger partial charge in [-0.05, 0) is 53.8 Å². The van der Waals surface area contributed by atoms with E-state index in [1.807, 2.05) is 40.9 Å². The summed E-state index contributed by atoms with van der Waals surface area (Å²) in [6, 6.07) is 8.13. The molecular formula is C13H16INOS. The van der Waals surface area contributed by atoms with Crippen molar-refractivity contribution in [2.45, 2.75) is 25.1 Å². The number of hydrogen-bond acceptors (Lipinski definition) is 2. The Hall–Kier alpha value is -0.230. The van der Waals surface area contributed by atoms with Crippen LogP contribution < -0.4 is 0 Å². The van der Waals surface area contributed by atoms with Gasteiger partial charge in [-0.2, -0.15) is 11.8 Å². The summed E-state index contributed by atoms with van der Waals surface area (Å²) in [5.74, 6) is 1.21. The molecule has 1 amide bonds. The molecule has 2 nitrogen and oxygen atoms in total. The Balaban J connectivity index is 2.16. The Morgan fingerprint density at radius 2 is 2.00 bits per heavy atom. The molecular weight excluding hydrogens is 345 g/mol. The van der Waals surface area contributed by atoms with Crippen LogP contribution in [-0.2, 0) is 0 Å². The molecule has 1 saturated heterocycles. The van der Waals surface area contributed by atoms with E-state index in [4.69, 9.17) is 0 Å². The molecule has 0 saturated carbocycles. The predicted molar refractivity (Wildman–Crippen MR) is 81.6 cm³/mol. The van der Waals surface area contributed by atoms with Crippen LogP contribution in [0.2, 0.25) is 0 Å². The number of halogens is 1. The quantitative estimate of drug-likeness (QED) is 0.716. The summed E-state index contributed by atoms with van der Waals surface area (Å²) >= 11 is 4.20. The number of amides is 1. The highest BCUT2D eigenvalue weighted by Crippen LogP contribution is 2.25. The third kappa shape index (κ3) is 2.96.